The number of fused-ring (bicyclic) bond motifs is 2. The smallest absolute Gasteiger partial charge is 0.449 e. The van der Waals surface area contributed by atoms with E-state index in [1.54, 1.807) is 13.8 Å². The molecule has 184 valence electrons. The fourth-order valence-electron chi connectivity index (χ4n) is 4.00. The van der Waals surface area contributed by atoms with Crippen LogP contribution in [0.15, 0.2) is 24.3 Å². The summed E-state index contributed by atoms with van der Waals surface area (Å²) in [7, 11) is 0. The summed E-state index contributed by atoms with van der Waals surface area (Å²) in [6.07, 6.45) is -1.67. The molecule has 0 bridgehead atoms. The number of carbonyl (C=O) groups is 2. The van der Waals surface area contributed by atoms with Crippen molar-refractivity contribution in [1.82, 2.24) is 24.7 Å². The van der Waals surface area contributed by atoms with E-state index in [4.69, 9.17) is 4.74 Å². The summed E-state index contributed by atoms with van der Waals surface area (Å²) in [6, 6.07) is 4.81. The average molecular weight is 498 g/mol. The number of benzene rings is 1. The van der Waals surface area contributed by atoms with Crippen LogP contribution in [0.3, 0.4) is 0 Å². The maximum atomic E-state index is 14.5. The highest BCUT2D eigenvalue weighted by atomic mass is 19.2. The van der Waals surface area contributed by atoms with E-state index < -0.39 is 40.8 Å². The molecule has 0 spiro atoms. The van der Waals surface area contributed by atoms with E-state index in [0.717, 1.165) is 12.1 Å². The first-order valence-electron chi connectivity index (χ1n) is 10.6. The molecule has 4 heterocycles. The molecule has 0 saturated carbocycles. The van der Waals surface area contributed by atoms with E-state index in [2.05, 4.69) is 25.4 Å². The van der Waals surface area contributed by atoms with E-state index in [1.807, 2.05) is 0 Å². The molecule has 10 nitrogen and oxygen atoms in total. The molecule has 2 N–H and O–H groups in total. The standard InChI is InChI=1S/C23H17F3N6O4/c1-9-13(25)7-11-16(31-32(19(11)27-9)8-10-5-4-6-12(24)15(10)26)18-28-17-14(20(29-18)36-22(34)35)23(2,3)21(33)30-17/h4-7H,8H2,1-3H3,(H,34,35)(H,28,29,30,33). The average Bonchev–Trinajstić information content (AvgIpc) is 3.24. The van der Waals surface area contributed by atoms with Crippen LogP contribution in [0.4, 0.5) is 23.8 Å². The third kappa shape index (κ3) is 3.59. The Morgan fingerprint density at radius 2 is 1.92 bits per heavy atom. The van der Waals surface area contributed by atoms with E-state index in [-0.39, 0.29) is 51.7 Å². The van der Waals surface area contributed by atoms with Gasteiger partial charge in [-0.25, -0.2) is 32.6 Å². The first kappa shape index (κ1) is 23.2. The molecule has 0 radical (unpaired) electrons. The van der Waals surface area contributed by atoms with E-state index in [9.17, 15) is 27.9 Å². The van der Waals surface area contributed by atoms with Gasteiger partial charge in [-0.05, 0) is 32.9 Å². The number of nitrogens with one attached hydrogen (secondary N) is 1. The van der Waals surface area contributed by atoms with Crippen LogP contribution in [-0.4, -0.2) is 41.9 Å². The van der Waals surface area contributed by atoms with Gasteiger partial charge in [-0.15, -0.1) is 0 Å². The van der Waals surface area contributed by atoms with Gasteiger partial charge >= 0.3 is 6.16 Å². The number of nitrogens with zero attached hydrogens (tertiary/aromatic N) is 5. The maximum Gasteiger partial charge on any atom is 0.512 e. The summed E-state index contributed by atoms with van der Waals surface area (Å²) in [5.41, 5.74) is -0.974. The number of carboxylic acid groups (broad SMARTS) is 1. The third-order valence-corrected chi connectivity index (χ3v) is 5.90. The molecule has 0 saturated heterocycles. The van der Waals surface area contributed by atoms with Gasteiger partial charge in [0.15, 0.2) is 23.1 Å². The van der Waals surface area contributed by atoms with Crippen LogP contribution < -0.4 is 10.1 Å². The lowest BCUT2D eigenvalue weighted by Crippen LogP contribution is -2.27. The van der Waals surface area contributed by atoms with Crippen LogP contribution in [0.25, 0.3) is 22.6 Å². The molecule has 1 aliphatic heterocycles. The van der Waals surface area contributed by atoms with Crippen LogP contribution in [-0.2, 0) is 16.8 Å². The molecule has 0 fully saturated rings. The predicted octanol–water partition coefficient (Wildman–Crippen LogP) is 3.95. The fourth-order valence-corrected chi connectivity index (χ4v) is 4.00. The number of anilines is 1. The zero-order valence-electron chi connectivity index (χ0n) is 19.1. The molecule has 4 aromatic rings. The number of hydrogen-bond donors (Lipinski definition) is 2. The van der Waals surface area contributed by atoms with Gasteiger partial charge in [-0.2, -0.15) is 10.1 Å². The van der Waals surface area contributed by atoms with Crippen molar-refractivity contribution in [3.8, 4) is 17.4 Å². The molecule has 0 unspecified atom stereocenters. The Morgan fingerprint density at radius 1 is 1.17 bits per heavy atom. The number of aromatic nitrogens is 5. The summed E-state index contributed by atoms with van der Waals surface area (Å²) in [6.45, 7) is 4.26. The monoisotopic (exact) mass is 498 g/mol. The lowest BCUT2D eigenvalue weighted by Gasteiger charge is -2.16. The Hall–Kier alpha value is -4.55. The molecular weight excluding hydrogens is 481 g/mol. The van der Waals surface area contributed by atoms with Crippen molar-refractivity contribution in [2.45, 2.75) is 32.7 Å². The number of amides is 1. The lowest BCUT2D eigenvalue weighted by atomic mass is 9.87. The van der Waals surface area contributed by atoms with Crippen molar-refractivity contribution in [2.24, 2.45) is 0 Å². The van der Waals surface area contributed by atoms with Crippen LogP contribution >= 0.6 is 0 Å². The Morgan fingerprint density at radius 3 is 2.64 bits per heavy atom. The summed E-state index contributed by atoms with van der Waals surface area (Å²) >= 11 is 0. The zero-order valence-corrected chi connectivity index (χ0v) is 19.1. The summed E-state index contributed by atoms with van der Waals surface area (Å²) < 4.78 is 48.7. The number of pyridine rings is 1. The predicted molar refractivity (Wildman–Crippen MR) is 119 cm³/mol. The number of hydrogen-bond acceptors (Lipinski definition) is 7. The van der Waals surface area contributed by atoms with Gasteiger partial charge in [0.2, 0.25) is 11.8 Å². The van der Waals surface area contributed by atoms with Gasteiger partial charge in [0.1, 0.15) is 17.3 Å². The SMILES string of the molecule is Cc1nc2c(cc1F)c(-c1nc3c(c(OC(=O)O)n1)C(C)(C)C(=O)N3)nn2Cc1cccc(F)c1F. The Bertz CT molecular complexity index is 1600. The number of rotatable bonds is 4. The molecule has 13 heteroatoms. The van der Waals surface area contributed by atoms with Gasteiger partial charge < -0.3 is 15.2 Å². The minimum atomic E-state index is -1.67. The van der Waals surface area contributed by atoms with Crippen LogP contribution in [0.1, 0.15) is 30.7 Å². The first-order chi connectivity index (χ1) is 17.0. The highest BCUT2D eigenvalue weighted by Gasteiger charge is 2.44. The topological polar surface area (TPSA) is 132 Å². The number of aryl methyl sites for hydroxylation is 1. The van der Waals surface area contributed by atoms with Gasteiger partial charge in [0.25, 0.3) is 0 Å². The highest BCUT2D eigenvalue weighted by molar-refractivity contribution is 6.06. The van der Waals surface area contributed by atoms with Gasteiger partial charge in [0, 0.05) is 5.56 Å². The van der Waals surface area contributed by atoms with Crippen molar-refractivity contribution >= 4 is 28.9 Å². The zero-order chi connectivity index (χ0) is 25.9. The van der Waals surface area contributed by atoms with Crippen molar-refractivity contribution in [2.75, 3.05) is 5.32 Å². The van der Waals surface area contributed by atoms with Crippen molar-refractivity contribution < 1.29 is 32.6 Å². The summed E-state index contributed by atoms with van der Waals surface area (Å²) in [5.74, 6) is -3.84. The van der Waals surface area contributed by atoms with E-state index >= 15 is 0 Å². The Balaban J connectivity index is 1.74. The largest absolute Gasteiger partial charge is 0.512 e. The fraction of sp³-hybridized carbons (Fsp3) is 0.217. The molecule has 5 rings (SSSR count). The van der Waals surface area contributed by atoms with E-state index in [0.29, 0.717) is 0 Å². The lowest BCUT2D eigenvalue weighted by molar-refractivity contribution is -0.119. The Labute approximate surface area is 200 Å². The van der Waals surface area contributed by atoms with Crippen LogP contribution in [0.2, 0.25) is 0 Å². The summed E-state index contributed by atoms with van der Waals surface area (Å²) in [5, 5.41) is 16.3. The maximum absolute atomic E-state index is 14.5. The molecule has 36 heavy (non-hydrogen) atoms. The first-order valence-corrected chi connectivity index (χ1v) is 10.6. The second-order valence-electron chi connectivity index (χ2n) is 8.67. The van der Waals surface area contributed by atoms with Gasteiger partial charge in [-0.3, -0.25) is 4.79 Å². The van der Waals surface area contributed by atoms with Crippen molar-refractivity contribution in [3.63, 3.8) is 0 Å². The summed E-state index contributed by atoms with van der Waals surface area (Å²) in [4.78, 5) is 36.5. The number of halogens is 3. The Kier molecular flexibility index (Phi) is 5.16. The number of ether oxygens (including phenoxy) is 1. The quantitative estimate of drug-likeness (QED) is 0.404. The van der Waals surface area contributed by atoms with Crippen molar-refractivity contribution in [3.05, 3.63) is 58.5 Å². The molecule has 1 amide bonds. The number of carbonyl (C=O) groups excluding carboxylic acids is 1. The van der Waals surface area contributed by atoms with Gasteiger partial charge in [0.05, 0.1) is 28.6 Å². The van der Waals surface area contributed by atoms with Crippen LogP contribution in [0, 0.1) is 24.4 Å². The minimum Gasteiger partial charge on any atom is -0.449 e. The normalized spacial score (nSPS) is 14.1. The van der Waals surface area contributed by atoms with E-state index in [1.165, 1.54) is 23.7 Å². The minimum absolute atomic E-state index is 0.00525. The van der Waals surface area contributed by atoms with Crippen molar-refractivity contribution in [1.29, 1.82) is 0 Å². The third-order valence-electron chi connectivity index (χ3n) is 5.90. The van der Waals surface area contributed by atoms with Gasteiger partial charge in [-0.1, -0.05) is 12.1 Å². The molecular formula is C23H17F3N6O4. The molecule has 3 aromatic heterocycles. The van der Waals surface area contributed by atoms with Crippen LogP contribution in [0.5, 0.6) is 5.88 Å². The second kappa shape index (κ2) is 8.00. The highest BCUT2D eigenvalue weighted by Crippen LogP contribution is 2.43. The molecule has 1 aromatic carbocycles. The molecule has 0 aliphatic carbocycles. The molecule has 0 atom stereocenters. The molecule has 1 aliphatic rings. The second-order valence-corrected chi connectivity index (χ2v) is 8.67.